The molecule has 1 saturated carbocycles. The van der Waals surface area contributed by atoms with Gasteiger partial charge in [0.1, 0.15) is 0 Å². The van der Waals surface area contributed by atoms with Crippen LogP contribution >= 0.6 is 24.0 Å². The standard InChI is InChI=1S/C17H23N5.HI/c1-13-8-16(13)21-17(18-2)20-10-14-4-3-5-15(9-14)11-22-7-6-19-12-22;/h3-7,9,12-13,16H,8,10-11H2,1-2H3,(H2,18,20,21);1H. The number of rotatable bonds is 5. The molecule has 0 saturated heterocycles. The summed E-state index contributed by atoms with van der Waals surface area (Å²) in [5.41, 5.74) is 2.53. The summed E-state index contributed by atoms with van der Waals surface area (Å²) in [5.74, 6) is 1.64. The summed E-state index contributed by atoms with van der Waals surface area (Å²) in [6.45, 7) is 3.88. The molecule has 2 aromatic rings. The zero-order valence-electron chi connectivity index (χ0n) is 13.6. The van der Waals surface area contributed by atoms with Gasteiger partial charge in [-0.1, -0.05) is 31.2 Å². The first-order valence-corrected chi connectivity index (χ1v) is 7.75. The number of halogens is 1. The molecule has 1 aromatic carbocycles. The minimum atomic E-state index is 0. The average molecular weight is 425 g/mol. The van der Waals surface area contributed by atoms with E-state index in [4.69, 9.17) is 0 Å². The molecule has 2 atom stereocenters. The molecule has 1 heterocycles. The van der Waals surface area contributed by atoms with Crippen LogP contribution in [-0.2, 0) is 13.1 Å². The summed E-state index contributed by atoms with van der Waals surface area (Å²) in [4.78, 5) is 8.36. The summed E-state index contributed by atoms with van der Waals surface area (Å²) in [7, 11) is 1.82. The molecule has 2 N–H and O–H groups in total. The van der Waals surface area contributed by atoms with Crippen LogP contribution in [0.3, 0.4) is 0 Å². The van der Waals surface area contributed by atoms with E-state index in [0.29, 0.717) is 6.04 Å². The van der Waals surface area contributed by atoms with Crippen molar-refractivity contribution in [2.75, 3.05) is 7.05 Å². The zero-order chi connectivity index (χ0) is 15.4. The quantitative estimate of drug-likeness (QED) is 0.440. The number of aliphatic imine (C=N–C) groups is 1. The summed E-state index contributed by atoms with van der Waals surface area (Å²) in [6.07, 6.45) is 6.86. The second-order valence-corrected chi connectivity index (χ2v) is 5.94. The maximum Gasteiger partial charge on any atom is 0.191 e. The Morgan fingerprint density at radius 2 is 2.17 bits per heavy atom. The highest BCUT2D eigenvalue weighted by atomic mass is 127. The van der Waals surface area contributed by atoms with Gasteiger partial charge in [0.05, 0.1) is 6.33 Å². The number of benzene rings is 1. The molecule has 6 heteroatoms. The van der Waals surface area contributed by atoms with E-state index in [-0.39, 0.29) is 24.0 Å². The number of nitrogens with zero attached hydrogens (tertiary/aromatic N) is 3. The minimum absolute atomic E-state index is 0. The second-order valence-electron chi connectivity index (χ2n) is 5.94. The maximum absolute atomic E-state index is 4.28. The van der Waals surface area contributed by atoms with Gasteiger partial charge >= 0.3 is 0 Å². The third kappa shape index (κ3) is 5.23. The van der Waals surface area contributed by atoms with Crippen molar-refractivity contribution in [2.45, 2.75) is 32.5 Å². The molecule has 5 nitrogen and oxygen atoms in total. The molecule has 1 fully saturated rings. The Bertz CT molecular complexity index is 638. The van der Waals surface area contributed by atoms with E-state index in [1.165, 1.54) is 17.5 Å². The number of hydrogen-bond acceptors (Lipinski definition) is 2. The molecule has 0 bridgehead atoms. The molecule has 1 aromatic heterocycles. The molecule has 0 aliphatic heterocycles. The van der Waals surface area contributed by atoms with Gasteiger partial charge in [0, 0.05) is 38.6 Å². The lowest BCUT2D eigenvalue weighted by atomic mass is 10.1. The van der Waals surface area contributed by atoms with Gasteiger partial charge in [0.15, 0.2) is 5.96 Å². The molecule has 124 valence electrons. The molecule has 2 unspecified atom stereocenters. The maximum atomic E-state index is 4.28. The van der Waals surface area contributed by atoms with Gasteiger partial charge in [-0.05, 0) is 23.5 Å². The van der Waals surface area contributed by atoms with Crippen molar-refractivity contribution < 1.29 is 0 Å². The molecule has 0 amide bonds. The molecule has 0 radical (unpaired) electrons. The Labute approximate surface area is 154 Å². The predicted molar refractivity (Wildman–Crippen MR) is 104 cm³/mol. The van der Waals surface area contributed by atoms with Gasteiger partial charge in [0.25, 0.3) is 0 Å². The molecule has 3 rings (SSSR count). The summed E-state index contributed by atoms with van der Waals surface area (Å²) in [5, 5.41) is 6.82. The summed E-state index contributed by atoms with van der Waals surface area (Å²) < 4.78 is 2.07. The van der Waals surface area contributed by atoms with Crippen molar-refractivity contribution >= 4 is 29.9 Å². The first-order chi connectivity index (χ1) is 10.7. The van der Waals surface area contributed by atoms with Crippen LogP contribution in [0.1, 0.15) is 24.5 Å². The smallest absolute Gasteiger partial charge is 0.191 e. The number of aromatic nitrogens is 2. The van der Waals surface area contributed by atoms with Crippen LogP contribution in [0.15, 0.2) is 48.0 Å². The third-order valence-corrected chi connectivity index (χ3v) is 4.03. The number of imidazole rings is 1. The van der Waals surface area contributed by atoms with E-state index in [1.54, 1.807) is 6.20 Å². The number of hydrogen-bond donors (Lipinski definition) is 2. The lowest BCUT2D eigenvalue weighted by Crippen LogP contribution is -2.38. The Kier molecular flexibility index (Phi) is 6.44. The summed E-state index contributed by atoms with van der Waals surface area (Å²) in [6, 6.07) is 9.18. The number of guanidine groups is 1. The molecular weight excluding hydrogens is 401 g/mol. The van der Waals surface area contributed by atoms with Gasteiger partial charge in [-0.25, -0.2) is 4.98 Å². The molecular formula is C17H24IN5. The van der Waals surface area contributed by atoms with Gasteiger partial charge in [-0.2, -0.15) is 0 Å². The van der Waals surface area contributed by atoms with Crippen LogP contribution in [0.5, 0.6) is 0 Å². The minimum Gasteiger partial charge on any atom is -0.353 e. The van der Waals surface area contributed by atoms with Crippen molar-refractivity contribution in [1.29, 1.82) is 0 Å². The Morgan fingerprint density at radius 3 is 2.83 bits per heavy atom. The van der Waals surface area contributed by atoms with Crippen molar-refractivity contribution in [1.82, 2.24) is 20.2 Å². The Morgan fingerprint density at radius 1 is 1.39 bits per heavy atom. The van der Waals surface area contributed by atoms with Crippen molar-refractivity contribution in [3.05, 3.63) is 54.1 Å². The fraction of sp³-hybridized carbons (Fsp3) is 0.412. The fourth-order valence-corrected chi connectivity index (χ4v) is 2.51. The van der Waals surface area contributed by atoms with Gasteiger partial charge in [-0.3, -0.25) is 4.99 Å². The molecule has 0 spiro atoms. The highest BCUT2D eigenvalue weighted by Gasteiger charge is 2.33. The summed E-state index contributed by atoms with van der Waals surface area (Å²) >= 11 is 0. The van der Waals surface area contributed by atoms with Crippen molar-refractivity contribution in [2.24, 2.45) is 10.9 Å². The topological polar surface area (TPSA) is 54.2 Å². The van der Waals surface area contributed by atoms with E-state index >= 15 is 0 Å². The fourth-order valence-electron chi connectivity index (χ4n) is 2.51. The highest BCUT2D eigenvalue weighted by Crippen LogP contribution is 2.28. The van der Waals surface area contributed by atoms with Gasteiger partial charge in [0.2, 0.25) is 0 Å². The predicted octanol–water partition coefficient (Wildman–Crippen LogP) is 2.62. The van der Waals surface area contributed by atoms with Crippen LogP contribution in [-0.4, -0.2) is 28.6 Å². The van der Waals surface area contributed by atoms with E-state index in [0.717, 1.165) is 25.0 Å². The highest BCUT2D eigenvalue weighted by molar-refractivity contribution is 14.0. The molecule has 23 heavy (non-hydrogen) atoms. The van der Waals surface area contributed by atoms with Crippen LogP contribution in [0.4, 0.5) is 0 Å². The largest absolute Gasteiger partial charge is 0.353 e. The monoisotopic (exact) mass is 425 g/mol. The van der Waals surface area contributed by atoms with E-state index in [1.807, 2.05) is 19.6 Å². The normalized spacial score (nSPS) is 19.8. The third-order valence-electron chi connectivity index (χ3n) is 4.03. The SMILES string of the molecule is CN=C(NCc1cccc(Cn2ccnc2)c1)NC1CC1C.I. The number of nitrogens with one attached hydrogen (secondary N) is 2. The lowest BCUT2D eigenvalue weighted by Gasteiger charge is -2.12. The second kappa shape index (κ2) is 8.33. The van der Waals surface area contributed by atoms with Crippen LogP contribution in [0.25, 0.3) is 0 Å². The van der Waals surface area contributed by atoms with Gasteiger partial charge in [-0.15, -0.1) is 24.0 Å². The van der Waals surface area contributed by atoms with Crippen LogP contribution in [0, 0.1) is 5.92 Å². The van der Waals surface area contributed by atoms with Gasteiger partial charge < -0.3 is 15.2 Å². The molecule has 1 aliphatic carbocycles. The van der Waals surface area contributed by atoms with E-state index < -0.39 is 0 Å². The van der Waals surface area contributed by atoms with Crippen LogP contribution in [0.2, 0.25) is 0 Å². The average Bonchev–Trinajstić information content (AvgIpc) is 2.99. The Balaban J connectivity index is 0.00000192. The van der Waals surface area contributed by atoms with Crippen molar-refractivity contribution in [3.8, 4) is 0 Å². The molecule has 1 aliphatic rings. The van der Waals surface area contributed by atoms with Crippen LogP contribution < -0.4 is 10.6 Å². The van der Waals surface area contributed by atoms with E-state index in [9.17, 15) is 0 Å². The lowest BCUT2D eigenvalue weighted by molar-refractivity contribution is 0.761. The first kappa shape index (κ1) is 17.8. The Hall–Kier alpha value is -1.57. The zero-order valence-corrected chi connectivity index (χ0v) is 15.9. The van der Waals surface area contributed by atoms with Crippen molar-refractivity contribution in [3.63, 3.8) is 0 Å². The van der Waals surface area contributed by atoms with E-state index in [2.05, 4.69) is 56.4 Å². The first-order valence-electron chi connectivity index (χ1n) is 7.75.